The number of thiazole rings is 1. The average Bonchev–Trinajstić information content (AvgIpc) is 2.87. The summed E-state index contributed by atoms with van der Waals surface area (Å²) in [5.74, 6) is -0.409. The summed E-state index contributed by atoms with van der Waals surface area (Å²) in [5.41, 5.74) is 6.54. The molecule has 1 aromatic heterocycles. The number of morpholine rings is 1. The molecule has 1 unspecified atom stereocenters. The monoisotopic (exact) mass is 327 g/mol. The maximum Gasteiger partial charge on any atom is 0.180 e. The van der Waals surface area contributed by atoms with E-state index in [1.54, 1.807) is 18.3 Å². The topological polar surface area (TPSA) is 51.4 Å². The Hall–Kier alpha value is -1.21. The van der Waals surface area contributed by atoms with Crippen LogP contribution in [0.25, 0.3) is 0 Å². The lowest BCUT2D eigenvalue weighted by atomic mass is 10.1. The van der Waals surface area contributed by atoms with Gasteiger partial charge in [0.15, 0.2) is 5.13 Å². The Bertz CT molecular complexity index is 636. The molecular formula is C14H15ClFN3OS. The molecule has 0 spiro atoms. The van der Waals surface area contributed by atoms with Crippen LogP contribution in [0.15, 0.2) is 24.4 Å². The number of hydrogen-bond donors (Lipinski definition) is 1. The Kier molecular flexibility index (Phi) is 4.40. The summed E-state index contributed by atoms with van der Waals surface area (Å²) in [6, 6.07) is 4.74. The van der Waals surface area contributed by atoms with Gasteiger partial charge in [-0.1, -0.05) is 17.7 Å². The molecule has 1 aliphatic rings. The highest BCUT2D eigenvalue weighted by Crippen LogP contribution is 2.27. The number of ether oxygens (including phenoxy) is 1. The van der Waals surface area contributed by atoms with Crippen molar-refractivity contribution in [3.63, 3.8) is 0 Å². The Morgan fingerprint density at radius 2 is 2.38 bits per heavy atom. The number of hydrogen-bond acceptors (Lipinski definition) is 5. The molecule has 0 saturated carbocycles. The first-order valence-electron chi connectivity index (χ1n) is 6.61. The SMILES string of the molecule is Nc1ncc(CN2CCOC(c3ccc(F)c(Cl)c3)C2)s1. The Balaban J connectivity index is 1.68. The van der Waals surface area contributed by atoms with Crippen LogP contribution in [0.4, 0.5) is 9.52 Å². The van der Waals surface area contributed by atoms with Crippen LogP contribution >= 0.6 is 22.9 Å². The Morgan fingerprint density at radius 1 is 1.52 bits per heavy atom. The molecule has 7 heteroatoms. The van der Waals surface area contributed by atoms with Gasteiger partial charge in [0.05, 0.1) is 17.7 Å². The van der Waals surface area contributed by atoms with Crippen molar-refractivity contribution in [3.8, 4) is 0 Å². The number of aromatic nitrogens is 1. The van der Waals surface area contributed by atoms with E-state index in [9.17, 15) is 4.39 Å². The van der Waals surface area contributed by atoms with E-state index >= 15 is 0 Å². The highest BCUT2D eigenvalue weighted by Gasteiger charge is 2.23. The van der Waals surface area contributed by atoms with Crippen LogP contribution in [0.2, 0.25) is 5.02 Å². The third kappa shape index (κ3) is 3.52. The lowest BCUT2D eigenvalue weighted by Crippen LogP contribution is -2.37. The van der Waals surface area contributed by atoms with Crippen molar-refractivity contribution in [1.82, 2.24) is 9.88 Å². The first-order chi connectivity index (χ1) is 10.1. The zero-order valence-electron chi connectivity index (χ0n) is 11.3. The van der Waals surface area contributed by atoms with Crippen molar-refractivity contribution in [2.24, 2.45) is 0 Å². The van der Waals surface area contributed by atoms with E-state index in [1.807, 2.05) is 0 Å². The number of nitrogens with zero attached hydrogens (tertiary/aromatic N) is 2. The molecule has 3 rings (SSSR count). The van der Waals surface area contributed by atoms with Gasteiger partial charge >= 0.3 is 0 Å². The van der Waals surface area contributed by atoms with Gasteiger partial charge in [0.2, 0.25) is 0 Å². The van der Waals surface area contributed by atoms with Crippen LogP contribution in [0.3, 0.4) is 0 Å². The molecule has 1 saturated heterocycles. The summed E-state index contributed by atoms with van der Waals surface area (Å²) in [6.07, 6.45) is 1.71. The van der Waals surface area contributed by atoms with Gasteiger partial charge in [-0.25, -0.2) is 9.37 Å². The third-order valence-electron chi connectivity index (χ3n) is 3.42. The summed E-state index contributed by atoms with van der Waals surface area (Å²) in [4.78, 5) is 7.47. The van der Waals surface area contributed by atoms with Crippen LogP contribution in [-0.2, 0) is 11.3 Å². The average molecular weight is 328 g/mol. The van der Waals surface area contributed by atoms with E-state index in [0.29, 0.717) is 11.7 Å². The Morgan fingerprint density at radius 3 is 3.10 bits per heavy atom. The summed E-state index contributed by atoms with van der Waals surface area (Å²) < 4.78 is 19.0. The largest absolute Gasteiger partial charge is 0.375 e. The second kappa shape index (κ2) is 6.27. The first kappa shape index (κ1) is 14.7. The molecular weight excluding hydrogens is 313 g/mol. The number of anilines is 1. The normalized spacial score (nSPS) is 19.8. The second-order valence-electron chi connectivity index (χ2n) is 4.93. The number of nitrogens with two attached hydrogens (primary N) is 1. The van der Waals surface area contributed by atoms with Gasteiger partial charge in [-0.05, 0) is 17.7 Å². The van der Waals surface area contributed by atoms with E-state index < -0.39 is 5.82 Å². The molecule has 0 bridgehead atoms. The highest BCUT2D eigenvalue weighted by molar-refractivity contribution is 7.15. The van der Waals surface area contributed by atoms with Gasteiger partial charge < -0.3 is 10.5 Å². The fraction of sp³-hybridized carbons (Fsp3) is 0.357. The molecule has 0 amide bonds. The minimum absolute atomic E-state index is 0.0953. The summed E-state index contributed by atoms with van der Waals surface area (Å²) in [5, 5.41) is 0.712. The fourth-order valence-electron chi connectivity index (χ4n) is 2.38. The predicted octanol–water partition coefficient (Wildman–Crippen LogP) is 3.09. The quantitative estimate of drug-likeness (QED) is 0.941. The second-order valence-corrected chi connectivity index (χ2v) is 6.49. The summed E-state index contributed by atoms with van der Waals surface area (Å²) in [7, 11) is 0. The van der Waals surface area contributed by atoms with Crippen LogP contribution < -0.4 is 5.73 Å². The molecule has 2 aromatic rings. The van der Waals surface area contributed by atoms with Crippen LogP contribution in [-0.4, -0.2) is 29.6 Å². The van der Waals surface area contributed by atoms with Gasteiger partial charge in [0.25, 0.3) is 0 Å². The smallest absolute Gasteiger partial charge is 0.180 e. The van der Waals surface area contributed by atoms with Gasteiger partial charge in [-0.3, -0.25) is 4.90 Å². The molecule has 0 aliphatic carbocycles. The fourth-order valence-corrected chi connectivity index (χ4v) is 3.29. The molecule has 1 atom stereocenters. The lowest BCUT2D eigenvalue weighted by molar-refractivity contribution is -0.0326. The van der Waals surface area contributed by atoms with Crippen LogP contribution in [0, 0.1) is 5.82 Å². The minimum atomic E-state index is -0.409. The van der Waals surface area contributed by atoms with E-state index in [4.69, 9.17) is 22.1 Å². The van der Waals surface area contributed by atoms with Crippen molar-refractivity contribution in [3.05, 3.63) is 45.7 Å². The van der Waals surface area contributed by atoms with Crippen molar-refractivity contribution < 1.29 is 9.13 Å². The molecule has 2 heterocycles. The molecule has 112 valence electrons. The van der Waals surface area contributed by atoms with Crippen molar-refractivity contribution >= 4 is 28.1 Å². The summed E-state index contributed by atoms with van der Waals surface area (Å²) >= 11 is 7.33. The van der Waals surface area contributed by atoms with Gasteiger partial charge in [0, 0.05) is 30.7 Å². The van der Waals surface area contributed by atoms with Crippen molar-refractivity contribution in [1.29, 1.82) is 0 Å². The third-order valence-corrected chi connectivity index (χ3v) is 4.52. The Labute approximate surface area is 131 Å². The molecule has 1 aliphatic heterocycles. The number of rotatable bonds is 3. The molecule has 4 nitrogen and oxygen atoms in total. The van der Waals surface area contributed by atoms with E-state index in [-0.39, 0.29) is 11.1 Å². The van der Waals surface area contributed by atoms with Gasteiger partial charge in [-0.2, -0.15) is 0 Å². The number of halogens is 2. The highest BCUT2D eigenvalue weighted by atomic mass is 35.5. The first-order valence-corrected chi connectivity index (χ1v) is 7.80. The van der Waals surface area contributed by atoms with E-state index in [1.165, 1.54) is 17.4 Å². The molecule has 2 N–H and O–H groups in total. The standard InChI is InChI=1S/C14H15ClFN3OS/c15-11-5-9(1-2-12(11)16)13-8-19(3-4-20-13)7-10-6-18-14(17)21-10/h1-2,5-6,13H,3-4,7-8H2,(H2,17,18). The lowest BCUT2D eigenvalue weighted by Gasteiger charge is -2.32. The van der Waals surface area contributed by atoms with E-state index in [2.05, 4.69) is 9.88 Å². The van der Waals surface area contributed by atoms with Gasteiger partial charge in [0.1, 0.15) is 5.82 Å². The summed E-state index contributed by atoms with van der Waals surface area (Å²) in [6.45, 7) is 3.01. The van der Waals surface area contributed by atoms with Gasteiger partial charge in [-0.15, -0.1) is 11.3 Å². The predicted molar refractivity (Wildman–Crippen MR) is 81.9 cm³/mol. The zero-order valence-corrected chi connectivity index (χ0v) is 12.8. The van der Waals surface area contributed by atoms with E-state index in [0.717, 1.165) is 30.1 Å². The molecule has 1 aromatic carbocycles. The minimum Gasteiger partial charge on any atom is -0.375 e. The molecule has 0 radical (unpaired) electrons. The number of benzene rings is 1. The van der Waals surface area contributed by atoms with Crippen LogP contribution in [0.5, 0.6) is 0 Å². The van der Waals surface area contributed by atoms with Crippen LogP contribution in [0.1, 0.15) is 16.5 Å². The maximum atomic E-state index is 13.2. The molecule has 1 fully saturated rings. The van der Waals surface area contributed by atoms with Crippen molar-refractivity contribution in [2.45, 2.75) is 12.6 Å². The zero-order chi connectivity index (χ0) is 14.8. The van der Waals surface area contributed by atoms with Crippen molar-refractivity contribution in [2.75, 3.05) is 25.4 Å². The maximum absolute atomic E-state index is 13.2. The number of nitrogen functional groups attached to an aromatic ring is 1. The molecule has 21 heavy (non-hydrogen) atoms.